The molecule has 2 N–H and O–H groups in total. The van der Waals surface area contributed by atoms with E-state index in [9.17, 15) is 9.59 Å². The smallest absolute Gasteiger partial charge is 0.306 e. The van der Waals surface area contributed by atoms with E-state index in [0.29, 0.717) is 24.3 Å². The molecule has 2 aliphatic rings. The van der Waals surface area contributed by atoms with Gasteiger partial charge in [-0.15, -0.1) is 0 Å². The van der Waals surface area contributed by atoms with Crippen molar-refractivity contribution in [1.29, 1.82) is 0 Å². The van der Waals surface area contributed by atoms with Gasteiger partial charge in [0.05, 0.1) is 11.5 Å². The number of aliphatic carboxylic acids is 1. The number of benzene rings is 1. The van der Waals surface area contributed by atoms with Crippen molar-refractivity contribution in [3.63, 3.8) is 0 Å². The second-order valence-electron chi connectivity index (χ2n) is 6.83. The first kappa shape index (κ1) is 16.3. The summed E-state index contributed by atoms with van der Waals surface area (Å²) in [5, 5.41) is 13.1. The summed E-state index contributed by atoms with van der Waals surface area (Å²) in [5.41, 5.74) is 0.781. The number of hydrogen-bond acceptors (Lipinski definition) is 2. The highest BCUT2D eigenvalue weighted by Gasteiger charge is 2.40. The van der Waals surface area contributed by atoms with Crippen LogP contribution in [0, 0.1) is 11.8 Å². The Hall–Kier alpha value is -1.55. The fourth-order valence-corrected chi connectivity index (χ4v) is 4.14. The van der Waals surface area contributed by atoms with Gasteiger partial charge in [-0.1, -0.05) is 36.6 Å². The number of hydrogen-bond donors (Lipinski definition) is 2. The minimum Gasteiger partial charge on any atom is -0.481 e. The Kier molecular flexibility index (Phi) is 4.62. The third-order valence-electron chi connectivity index (χ3n) is 5.37. The van der Waals surface area contributed by atoms with Crippen LogP contribution in [0.15, 0.2) is 24.3 Å². The minimum atomic E-state index is -0.784. The fourth-order valence-electron chi connectivity index (χ4n) is 4.02. The van der Waals surface area contributed by atoms with Crippen molar-refractivity contribution in [3.8, 4) is 0 Å². The van der Waals surface area contributed by atoms with E-state index in [2.05, 4.69) is 5.32 Å². The lowest BCUT2D eigenvalue weighted by Crippen LogP contribution is -2.46. The molecule has 2 fully saturated rings. The van der Waals surface area contributed by atoms with E-state index in [1.807, 2.05) is 24.3 Å². The second-order valence-corrected chi connectivity index (χ2v) is 7.27. The largest absolute Gasteiger partial charge is 0.481 e. The van der Waals surface area contributed by atoms with Crippen LogP contribution >= 0.6 is 11.6 Å². The van der Waals surface area contributed by atoms with Gasteiger partial charge in [-0.2, -0.15) is 0 Å². The molecule has 0 aromatic heterocycles. The van der Waals surface area contributed by atoms with Crippen LogP contribution in [0.4, 0.5) is 0 Å². The van der Waals surface area contributed by atoms with E-state index < -0.39 is 5.97 Å². The molecule has 3 rings (SSSR count). The zero-order chi connectivity index (χ0) is 16.4. The number of carboxylic acid groups (broad SMARTS) is 1. The molecule has 2 saturated carbocycles. The molecule has 5 heteroatoms. The van der Waals surface area contributed by atoms with Crippen LogP contribution in [0.2, 0.25) is 5.02 Å². The zero-order valence-electron chi connectivity index (χ0n) is 13.1. The predicted octanol–water partition coefficient (Wildman–Crippen LogP) is 3.73. The number of carbonyl (C=O) groups is 2. The number of rotatable bonds is 4. The number of nitrogens with one attached hydrogen (secondary N) is 1. The average molecular weight is 336 g/mol. The van der Waals surface area contributed by atoms with Gasteiger partial charge in [0.15, 0.2) is 0 Å². The molecule has 4 nitrogen and oxygen atoms in total. The number of halogens is 1. The summed E-state index contributed by atoms with van der Waals surface area (Å²) in [6.07, 6.45) is 5.75. The van der Waals surface area contributed by atoms with E-state index in [1.54, 1.807) is 0 Å². The molecule has 1 amide bonds. The maximum atomic E-state index is 12.7. The van der Waals surface area contributed by atoms with Crippen molar-refractivity contribution in [2.45, 2.75) is 50.5 Å². The summed E-state index contributed by atoms with van der Waals surface area (Å²) < 4.78 is 0. The van der Waals surface area contributed by atoms with E-state index in [-0.39, 0.29) is 23.3 Å². The molecule has 0 bridgehead atoms. The van der Waals surface area contributed by atoms with Crippen molar-refractivity contribution >= 4 is 23.5 Å². The van der Waals surface area contributed by atoms with Crippen LogP contribution in [0.3, 0.4) is 0 Å². The first-order valence-corrected chi connectivity index (χ1v) is 8.69. The lowest BCUT2D eigenvalue weighted by atomic mass is 9.87. The molecule has 124 valence electrons. The first-order valence-electron chi connectivity index (χ1n) is 8.31. The van der Waals surface area contributed by atoms with Crippen LogP contribution in [0.1, 0.15) is 50.5 Å². The molecule has 0 heterocycles. The van der Waals surface area contributed by atoms with Crippen LogP contribution in [-0.4, -0.2) is 17.0 Å². The van der Waals surface area contributed by atoms with Crippen molar-refractivity contribution < 1.29 is 14.7 Å². The Labute approximate surface area is 141 Å². The molecule has 0 radical (unpaired) electrons. The molecule has 0 saturated heterocycles. The number of carboxylic acids is 1. The summed E-state index contributed by atoms with van der Waals surface area (Å²) in [4.78, 5) is 23.8. The van der Waals surface area contributed by atoms with Crippen molar-refractivity contribution in [1.82, 2.24) is 5.32 Å². The van der Waals surface area contributed by atoms with Crippen LogP contribution in [0.25, 0.3) is 0 Å². The maximum Gasteiger partial charge on any atom is 0.306 e. The van der Waals surface area contributed by atoms with Crippen LogP contribution in [0.5, 0.6) is 0 Å². The maximum absolute atomic E-state index is 12.7. The summed E-state index contributed by atoms with van der Waals surface area (Å²) in [5.74, 6) is -1.33. The van der Waals surface area contributed by atoms with Gasteiger partial charge in [0.1, 0.15) is 0 Å². The second kappa shape index (κ2) is 6.52. The molecule has 0 spiro atoms. The molecule has 2 aliphatic carbocycles. The van der Waals surface area contributed by atoms with Gasteiger partial charge in [-0.3, -0.25) is 9.59 Å². The van der Waals surface area contributed by atoms with E-state index >= 15 is 0 Å². The lowest BCUT2D eigenvalue weighted by Gasteiger charge is -2.32. The van der Waals surface area contributed by atoms with E-state index in [1.165, 1.54) is 0 Å². The SMILES string of the molecule is O=C(O)[C@@H]1CC[C@H](C(=O)NC2(c3ccc(Cl)cc3)CCCC2)C1. The molecular weight excluding hydrogens is 314 g/mol. The van der Waals surface area contributed by atoms with Gasteiger partial charge in [0.2, 0.25) is 5.91 Å². The van der Waals surface area contributed by atoms with Gasteiger partial charge in [0, 0.05) is 10.9 Å². The highest BCUT2D eigenvalue weighted by Crippen LogP contribution is 2.40. The Morgan fingerprint density at radius 3 is 2.26 bits per heavy atom. The monoisotopic (exact) mass is 335 g/mol. The topological polar surface area (TPSA) is 66.4 Å². The third kappa shape index (κ3) is 3.37. The third-order valence-corrected chi connectivity index (χ3v) is 5.62. The van der Waals surface area contributed by atoms with E-state index in [0.717, 1.165) is 31.2 Å². The van der Waals surface area contributed by atoms with Crippen LogP contribution in [-0.2, 0) is 15.1 Å². The summed E-state index contributed by atoms with van der Waals surface area (Å²) in [6, 6.07) is 7.70. The standard InChI is InChI=1S/C18H22ClNO3/c19-15-7-5-14(6-8-15)18(9-1-2-10-18)20-16(21)12-3-4-13(11-12)17(22)23/h5-8,12-13H,1-4,9-11H2,(H,20,21)(H,22,23)/t12-,13+/m0/s1. The minimum absolute atomic E-state index is 0.00519. The molecule has 0 aliphatic heterocycles. The summed E-state index contributed by atoms with van der Waals surface area (Å²) in [7, 11) is 0. The number of amides is 1. The Morgan fingerprint density at radius 1 is 1.09 bits per heavy atom. The highest BCUT2D eigenvalue weighted by molar-refractivity contribution is 6.30. The van der Waals surface area contributed by atoms with Gasteiger partial charge < -0.3 is 10.4 Å². The molecule has 0 unspecified atom stereocenters. The highest BCUT2D eigenvalue weighted by atomic mass is 35.5. The first-order chi connectivity index (χ1) is 11.0. The van der Waals surface area contributed by atoms with E-state index in [4.69, 9.17) is 16.7 Å². The number of carbonyl (C=O) groups excluding carboxylic acids is 1. The molecular formula is C18H22ClNO3. The Balaban J connectivity index is 1.74. The predicted molar refractivity (Wildman–Crippen MR) is 88.2 cm³/mol. The quantitative estimate of drug-likeness (QED) is 0.881. The van der Waals surface area contributed by atoms with Gasteiger partial charge in [0.25, 0.3) is 0 Å². The summed E-state index contributed by atoms with van der Waals surface area (Å²) >= 11 is 5.98. The molecule has 1 aromatic rings. The van der Waals surface area contributed by atoms with Crippen LogP contribution < -0.4 is 5.32 Å². The van der Waals surface area contributed by atoms with Gasteiger partial charge in [-0.25, -0.2) is 0 Å². The average Bonchev–Trinajstić information content (AvgIpc) is 3.17. The van der Waals surface area contributed by atoms with Crippen molar-refractivity contribution in [2.24, 2.45) is 11.8 Å². The molecule has 1 aromatic carbocycles. The molecule has 2 atom stereocenters. The zero-order valence-corrected chi connectivity index (χ0v) is 13.8. The fraction of sp³-hybridized carbons (Fsp3) is 0.556. The van der Waals surface area contributed by atoms with Gasteiger partial charge in [-0.05, 0) is 49.8 Å². The normalized spacial score (nSPS) is 26.1. The Morgan fingerprint density at radius 2 is 1.70 bits per heavy atom. The van der Waals surface area contributed by atoms with Gasteiger partial charge >= 0.3 is 5.97 Å². The summed E-state index contributed by atoms with van der Waals surface area (Å²) in [6.45, 7) is 0. The lowest BCUT2D eigenvalue weighted by molar-refractivity contribution is -0.141. The van der Waals surface area contributed by atoms with Crippen molar-refractivity contribution in [2.75, 3.05) is 0 Å². The van der Waals surface area contributed by atoms with Crippen molar-refractivity contribution in [3.05, 3.63) is 34.9 Å². The Bertz CT molecular complexity index is 593. The molecule has 23 heavy (non-hydrogen) atoms.